The molecule has 4 aromatic rings. The predicted octanol–water partition coefficient (Wildman–Crippen LogP) is 3.06. The summed E-state index contributed by atoms with van der Waals surface area (Å²) in [5.74, 6) is -0.821. The molecule has 33 heavy (non-hydrogen) atoms. The first-order chi connectivity index (χ1) is 15.5. The summed E-state index contributed by atoms with van der Waals surface area (Å²) >= 11 is 0. The number of nitrogens with zero attached hydrogens (tertiary/aromatic N) is 7. The van der Waals surface area contributed by atoms with E-state index in [2.05, 4.69) is 15.3 Å². The lowest BCUT2D eigenvalue weighted by molar-refractivity contribution is -0.141. The number of hydrogen-bond donors (Lipinski definition) is 0. The van der Waals surface area contributed by atoms with Gasteiger partial charge in [0.15, 0.2) is 11.4 Å². The number of alkyl halides is 3. The number of benzene rings is 1. The fourth-order valence-electron chi connectivity index (χ4n) is 4.39. The van der Waals surface area contributed by atoms with E-state index in [-0.39, 0.29) is 18.1 Å². The summed E-state index contributed by atoms with van der Waals surface area (Å²) in [6, 6.07) is 5.16. The Morgan fingerprint density at radius 3 is 2.45 bits per heavy atom. The molecule has 0 bridgehead atoms. The zero-order valence-electron chi connectivity index (χ0n) is 18.0. The van der Waals surface area contributed by atoms with Crippen LogP contribution in [0.3, 0.4) is 0 Å². The Kier molecular flexibility index (Phi) is 4.59. The van der Waals surface area contributed by atoms with Crippen LogP contribution in [-0.2, 0) is 40.3 Å². The molecule has 0 radical (unpaired) electrons. The van der Waals surface area contributed by atoms with Gasteiger partial charge in [0.25, 0.3) is 5.91 Å². The van der Waals surface area contributed by atoms with Crippen molar-refractivity contribution in [2.45, 2.75) is 19.1 Å². The molecular formula is C21H19F4N7O. The maximum Gasteiger partial charge on any atom is 0.435 e. The van der Waals surface area contributed by atoms with E-state index >= 15 is 0 Å². The molecular weight excluding hydrogens is 442 g/mol. The molecule has 0 atom stereocenters. The minimum absolute atomic E-state index is 0.146. The third kappa shape index (κ3) is 3.36. The number of carbonyl (C=O) groups is 1. The lowest BCUT2D eigenvalue weighted by Crippen LogP contribution is -2.36. The van der Waals surface area contributed by atoms with Crippen LogP contribution in [0, 0.1) is 5.82 Å². The van der Waals surface area contributed by atoms with Gasteiger partial charge in [0.05, 0.1) is 29.1 Å². The molecule has 172 valence electrons. The number of fused-ring (bicyclic) bond motifs is 2. The van der Waals surface area contributed by atoms with Gasteiger partial charge in [-0.25, -0.2) is 4.39 Å². The van der Waals surface area contributed by atoms with E-state index in [1.807, 2.05) is 0 Å². The van der Waals surface area contributed by atoms with Crippen molar-refractivity contribution in [3.8, 4) is 11.4 Å². The smallest absolute Gasteiger partial charge is 0.331 e. The van der Waals surface area contributed by atoms with Crippen molar-refractivity contribution in [2.24, 2.45) is 21.1 Å². The second kappa shape index (κ2) is 7.15. The zero-order chi connectivity index (χ0) is 23.7. The maximum atomic E-state index is 13.8. The van der Waals surface area contributed by atoms with Crippen molar-refractivity contribution < 1.29 is 22.4 Å². The Bertz CT molecular complexity index is 1410. The van der Waals surface area contributed by atoms with Crippen LogP contribution in [-0.4, -0.2) is 46.7 Å². The number of aromatic nitrogens is 6. The second-order valence-corrected chi connectivity index (χ2v) is 8.04. The van der Waals surface area contributed by atoms with Gasteiger partial charge in [-0.15, -0.1) is 0 Å². The van der Waals surface area contributed by atoms with Crippen molar-refractivity contribution in [3.63, 3.8) is 0 Å². The van der Waals surface area contributed by atoms with E-state index in [1.165, 1.54) is 33.2 Å². The molecule has 1 amide bonds. The monoisotopic (exact) mass is 461 g/mol. The van der Waals surface area contributed by atoms with Crippen LogP contribution in [0.2, 0.25) is 0 Å². The second-order valence-electron chi connectivity index (χ2n) is 8.04. The molecule has 0 spiro atoms. The largest absolute Gasteiger partial charge is 0.435 e. The molecule has 3 aromatic heterocycles. The molecule has 1 aromatic carbocycles. The highest BCUT2D eigenvalue weighted by Gasteiger charge is 2.36. The molecule has 1 aliphatic heterocycles. The SMILES string of the molecule is Cn1nc(C(F)(F)F)cc1-c1c2c(nn1C)CN(C(=O)c1nn(C)c3ccc(F)cc13)CC2. The first-order valence-corrected chi connectivity index (χ1v) is 10.1. The minimum atomic E-state index is -4.55. The lowest BCUT2D eigenvalue weighted by Gasteiger charge is -2.26. The average Bonchev–Trinajstić information content (AvgIpc) is 3.39. The van der Waals surface area contributed by atoms with E-state index in [9.17, 15) is 22.4 Å². The topological polar surface area (TPSA) is 73.8 Å². The number of carbonyl (C=O) groups excluding carboxylic acids is 1. The Balaban J connectivity index is 1.49. The molecule has 5 rings (SSSR count). The molecule has 0 unspecified atom stereocenters. The van der Waals surface area contributed by atoms with Crippen molar-refractivity contribution in [1.29, 1.82) is 0 Å². The van der Waals surface area contributed by atoms with Gasteiger partial charge in [0.1, 0.15) is 5.82 Å². The summed E-state index contributed by atoms with van der Waals surface area (Å²) in [6.07, 6.45) is -4.15. The normalized spacial score (nSPS) is 14.2. The molecule has 1 aliphatic rings. The summed E-state index contributed by atoms with van der Waals surface area (Å²) < 4.78 is 57.4. The van der Waals surface area contributed by atoms with E-state index in [1.54, 1.807) is 25.1 Å². The van der Waals surface area contributed by atoms with Crippen molar-refractivity contribution >= 4 is 16.8 Å². The van der Waals surface area contributed by atoms with Gasteiger partial charge in [-0.05, 0) is 30.7 Å². The average molecular weight is 461 g/mol. The third-order valence-electron chi connectivity index (χ3n) is 5.92. The Morgan fingerprint density at radius 2 is 1.76 bits per heavy atom. The molecule has 12 heteroatoms. The highest BCUT2D eigenvalue weighted by Crippen LogP contribution is 2.35. The summed E-state index contributed by atoms with van der Waals surface area (Å²) in [6.45, 7) is 0.487. The highest BCUT2D eigenvalue weighted by atomic mass is 19.4. The molecule has 0 aliphatic carbocycles. The number of halogens is 4. The van der Waals surface area contributed by atoms with Gasteiger partial charge in [-0.3, -0.25) is 18.8 Å². The zero-order valence-corrected chi connectivity index (χ0v) is 18.0. The van der Waals surface area contributed by atoms with Crippen LogP contribution in [0.15, 0.2) is 24.3 Å². The summed E-state index contributed by atoms with van der Waals surface area (Å²) in [7, 11) is 4.78. The first kappa shape index (κ1) is 21.2. The summed E-state index contributed by atoms with van der Waals surface area (Å²) in [4.78, 5) is 14.8. The maximum absolute atomic E-state index is 13.8. The number of rotatable bonds is 2. The Hall–Kier alpha value is -3.70. The van der Waals surface area contributed by atoms with E-state index in [0.29, 0.717) is 41.0 Å². The molecule has 0 saturated heterocycles. The predicted molar refractivity (Wildman–Crippen MR) is 110 cm³/mol. The van der Waals surface area contributed by atoms with Crippen molar-refractivity contribution in [3.05, 3.63) is 52.7 Å². The number of amides is 1. The fourth-order valence-corrected chi connectivity index (χ4v) is 4.39. The van der Waals surface area contributed by atoms with Crippen molar-refractivity contribution in [2.75, 3.05) is 6.54 Å². The molecule has 8 nitrogen and oxygen atoms in total. The first-order valence-electron chi connectivity index (χ1n) is 10.1. The Labute approximate surface area is 185 Å². The quantitative estimate of drug-likeness (QED) is 0.430. The van der Waals surface area contributed by atoms with Crippen LogP contribution in [0.25, 0.3) is 22.3 Å². The Morgan fingerprint density at radius 1 is 1.00 bits per heavy atom. The third-order valence-corrected chi connectivity index (χ3v) is 5.92. The molecule has 0 fully saturated rings. The molecule has 0 N–H and O–H groups in total. The van der Waals surface area contributed by atoms with Crippen LogP contribution in [0.4, 0.5) is 17.6 Å². The number of aryl methyl sites for hydroxylation is 3. The fraction of sp³-hybridized carbons (Fsp3) is 0.333. The van der Waals surface area contributed by atoms with Crippen LogP contribution < -0.4 is 0 Å². The van der Waals surface area contributed by atoms with E-state index < -0.39 is 17.7 Å². The molecule has 4 heterocycles. The lowest BCUT2D eigenvalue weighted by atomic mass is 10.0. The van der Waals surface area contributed by atoms with Gasteiger partial charge in [-0.2, -0.15) is 28.5 Å². The van der Waals surface area contributed by atoms with Gasteiger partial charge in [0, 0.05) is 38.6 Å². The van der Waals surface area contributed by atoms with Gasteiger partial charge < -0.3 is 4.90 Å². The van der Waals surface area contributed by atoms with Crippen molar-refractivity contribution in [1.82, 2.24) is 34.2 Å². The van der Waals surface area contributed by atoms with Gasteiger partial charge in [-0.1, -0.05) is 0 Å². The van der Waals surface area contributed by atoms with Crippen LogP contribution >= 0.6 is 0 Å². The van der Waals surface area contributed by atoms with E-state index in [4.69, 9.17) is 0 Å². The van der Waals surface area contributed by atoms with Gasteiger partial charge >= 0.3 is 6.18 Å². The number of hydrogen-bond acceptors (Lipinski definition) is 4. The minimum Gasteiger partial charge on any atom is -0.331 e. The van der Waals surface area contributed by atoms with Crippen LogP contribution in [0.1, 0.15) is 27.4 Å². The van der Waals surface area contributed by atoms with E-state index in [0.717, 1.165) is 11.6 Å². The molecule has 0 saturated carbocycles. The van der Waals surface area contributed by atoms with Crippen LogP contribution in [0.5, 0.6) is 0 Å². The summed E-state index contributed by atoms with van der Waals surface area (Å²) in [5.41, 5.74) is 2.00. The van der Waals surface area contributed by atoms with Gasteiger partial charge in [0.2, 0.25) is 0 Å². The standard InChI is InChI=1S/C21H19F4N7O/c1-29-15-5-4-11(22)8-13(15)18(28-29)20(33)32-7-6-12-14(10-32)26-31(3)19(12)16-9-17(21(23,24)25)27-30(16)2/h4-5,8-9H,6-7,10H2,1-3H3. The summed E-state index contributed by atoms with van der Waals surface area (Å²) in [5, 5.41) is 12.8. The highest BCUT2D eigenvalue weighted by molar-refractivity contribution is 6.05.